The second-order valence-corrected chi connectivity index (χ2v) is 10.8. The Labute approximate surface area is 199 Å². The molecule has 1 atom stereocenters. The lowest BCUT2D eigenvalue weighted by Gasteiger charge is -2.28. The number of benzene rings is 1. The number of nitrogens with zero attached hydrogens (tertiary/aromatic N) is 1. The van der Waals surface area contributed by atoms with Gasteiger partial charge in [-0.05, 0) is 62.0 Å². The van der Waals surface area contributed by atoms with Crippen molar-refractivity contribution in [3.63, 3.8) is 0 Å². The fourth-order valence-electron chi connectivity index (χ4n) is 3.28. The van der Waals surface area contributed by atoms with E-state index in [2.05, 4.69) is 22.0 Å². The van der Waals surface area contributed by atoms with Crippen molar-refractivity contribution in [2.45, 2.75) is 42.6 Å². The van der Waals surface area contributed by atoms with Gasteiger partial charge in [0.05, 0.1) is 5.56 Å². The van der Waals surface area contributed by atoms with Crippen LogP contribution in [-0.2, 0) is 12.8 Å². The lowest BCUT2D eigenvalue weighted by molar-refractivity contribution is 0.0934. The predicted molar refractivity (Wildman–Crippen MR) is 128 cm³/mol. The van der Waals surface area contributed by atoms with Gasteiger partial charge in [0.15, 0.2) is 5.11 Å². The van der Waals surface area contributed by atoms with Gasteiger partial charge in [0, 0.05) is 10.4 Å². The Kier molecular flexibility index (Phi) is 7.48. The van der Waals surface area contributed by atoms with Crippen molar-refractivity contribution in [1.82, 2.24) is 10.6 Å². The third kappa shape index (κ3) is 5.37. The maximum atomic E-state index is 12.7. The third-order valence-electron chi connectivity index (χ3n) is 4.78. The molecule has 30 heavy (non-hydrogen) atoms. The summed E-state index contributed by atoms with van der Waals surface area (Å²) in [5.41, 5.74) is 2.95. The Balaban J connectivity index is 1.74. The first-order valence-corrected chi connectivity index (χ1v) is 11.6. The molecule has 0 aliphatic heterocycles. The lowest BCUT2D eigenvalue weighted by atomic mass is 9.96. The van der Waals surface area contributed by atoms with E-state index in [9.17, 15) is 10.1 Å². The van der Waals surface area contributed by atoms with Crippen molar-refractivity contribution in [3.05, 3.63) is 51.4 Å². The molecule has 1 amide bonds. The van der Waals surface area contributed by atoms with E-state index in [1.165, 1.54) is 16.2 Å². The molecule has 1 heterocycles. The number of rotatable bonds is 4. The fraction of sp³-hybridized carbons (Fsp3) is 0.350. The number of alkyl halides is 3. The average Bonchev–Trinajstić information content (AvgIpc) is 3.03. The summed E-state index contributed by atoms with van der Waals surface area (Å²) in [7, 11) is 0. The molecule has 1 aliphatic carbocycles. The Bertz CT molecular complexity index is 1010. The zero-order chi connectivity index (χ0) is 21.9. The number of hydrogen-bond donors (Lipinski definition) is 3. The quantitative estimate of drug-likeness (QED) is 0.304. The summed E-state index contributed by atoms with van der Waals surface area (Å²) in [6.07, 6.45) is 2.94. The standard InChI is InChI=1S/C20H19Cl3N4OS2/c1-11-6-2-3-7-12(11)16(28)25-18(20(21,22)23)27-19(29)26-17-14(10-24)13-8-4-5-9-15(13)30-17/h2-3,6-7,18H,4-5,8-9H2,1H3,(H,25,28)(H2,26,27,29)/t18-/m1/s1. The summed E-state index contributed by atoms with van der Waals surface area (Å²) in [5.74, 6) is -0.399. The minimum atomic E-state index is -1.86. The smallest absolute Gasteiger partial charge is 0.253 e. The normalized spacial score (nSPS) is 14.2. The highest BCUT2D eigenvalue weighted by molar-refractivity contribution is 7.80. The van der Waals surface area contributed by atoms with Gasteiger partial charge >= 0.3 is 0 Å². The number of fused-ring (bicyclic) bond motifs is 1. The highest BCUT2D eigenvalue weighted by Crippen LogP contribution is 2.37. The Hall–Kier alpha value is -1.56. The molecule has 3 N–H and O–H groups in total. The Morgan fingerprint density at radius 3 is 2.60 bits per heavy atom. The van der Waals surface area contributed by atoms with Crippen LogP contribution in [0.5, 0.6) is 0 Å². The number of carbonyl (C=O) groups is 1. The van der Waals surface area contributed by atoms with Gasteiger partial charge < -0.3 is 16.0 Å². The number of amides is 1. The van der Waals surface area contributed by atoms with Crippen LogP contribution in [0.3, 0.4) is 0 Å². The zero-order valence-electron chi connectivity index (χ0n) is 16.0. The first kappa shape index (κ1) is 23.1. The molecule has 0 saturated heterocycles. The number of halogens is 3. The molecular weight excluding hydrogens is 483 g/mol. The molecule has 2 aromatic rings. The fourth-order valence-corrected chi connectivity index (χ4v) is 5.13. The van der Waals surface area contributed by atoms with Crippen molar-refractivity contribution in [3.8, 4) is 6.07 Å². The highest BCUT2D eigenvalue weighted by atomic mass is 35.6. The second-order valence-electron chi connectivity index (χ2n) is 6.89. The summed E-state index contributed by atoms with van der Waals surface area (Å²) in [6, 6.07) is 9.37. The van der Waals surface area contributed by atoms with Gasteiger partial charge in [-0.15, -0.1) is 11.3 Å². The predicted octanol–water partition coefficient (Wildman–Crippen LogP) is 5.22. The lowest BCUT2D eigenvalue weighted by Crippen LogP contribution is -2.56. The molecule has 1 aromatic heterocycles. The van der Waals surface area contributed by atoms with Crippen molar-refractivity contribution < 1.29 is 4.79 Å². The van der Waals surface area contributed by atoms with Crippen molar-refractivity contribution in [1.29, 1.82) is 5.26 Å². The number of anilines is 1. The number of nitriles is 1. The van der Waals surface area contributed by atoms with Crippen LogP contribution in [0.2, 0.25) is 0 Å². The second kappa shape index (κ2) is 9.71. The van der Waals surface area contributed by atoms with E-state index in [4.69, 9.17) is 47.0 Å². The molecule has 158 valence electrons. The summed E-state index contributed by atoms with van der Waals surface area (Å²) < 4.78 is -1.86. The molecule has 1 aromatic carbocycles. The monoisotopic (exact) mass is 500 g/mol. The number of thiocarbonyl (C=S) groups is 1. The summed E-state index contributed by atoms with van der Waals surface area (Å²) in [4.78, 5) is 13.9. The van der Waals surface area contributed by atoms with Crippen LogP contribution in [0.4, 0.5) is 5.00 Å². The SMILES string of the molecule is Cc1ccccc1C(=O)N[C@H](NC(=S)Nc1sc2c(c1C#N)CCCC2)C(Cl)(Cl)Cl. The highest BCUT2D eigenvalue weighted by Gasteiger charge is 2.35. The van der Waals surface area contributed by atoms with Crippen LogP contribution in [-0.4, -0.2) is 21.0 Å². The first-order valence-electron chi connectivity index (χ1n) is 9.26. The van der Waals surface area contributed by atoms with Crippen molar-refractivity contribution in [2.75, 3.05) is 5.32 Å². The number of aryl methyl sites for hydroxylation is 2. The number of thiophene rings is 1. The molecule has 5 nitrogen and oxygen atoms in total. The molecule has 0 fully saturated rings. The summed E-state index contributed by atoms with van der Waals surface area (Å²) in [5, 5.41) is 19.0. The number of carbonyl (C=O) groups excluding carboxylic acids is 1. The summed E-state index contributed by atoms with van der Waals surface area (Å²) in [6.45, 7) is 1.82. The van der Waals surface area contributed by atoms with Gasteiger partial charge in [-0.3, -0.25) is 4.79 Å². The molecule has 0 spiro atoms. The Morgan fingerprint density at radius 2 is 1.93 bits per heavy atom. The van der Waals surface area contributed by atoms with Gasteiger partial charge in [-0.1, -0.05) is 53.0 Å². The van der Waals surface area contributed by atoms with Crippen LogP contribution in [0.25, 0.3) is 0 Å². The van der Waals surface area contributed by atoms with Crippen LogP contribution < -0.4 is 16.0 Å². The van der Waals surface area contributed by atoms with Gasteiger partial charge in [-0.2, -0.15) is 5.26 Å². The molecule has 1 aliphatic rings. The largest absolute Gasteiger partial charge is 0.339 e. The average molecular weight is 502 g/mol. The van der Waals surface area contributed by atoms with Crippen LogP contribution >= 0.6 is 58.4 Å². The van der Waals surface area contributed by atoms with E-state index in [-0.39, 0.29) is 5.11 Å². The van der Waals surface area contributed by atoms with E-state index >= 15 is 0 Å². The minimum absolute atomic E-state index is 0.145. The van der Waals surface area contributed by atoms with E-state index in [0.717, 1.165) is 36.8 Å². The molecule has 0 radical (unpaired) electrons. The third-order valence-corrected chi connectivity index (χ3v) is 6.86. The Morgan fingerprint density at radius 1 is 1.23 bits per heavy atom. The van der Waals surface area contributed by atoms with Crippen LogP contribution in [0, 0.1) is 18.3 Å². The number of hydrogen-bond acceptors (Lipinski definition) is 4. The first-order chi connectivity index (χ1) is 14.2. The van der Waals surface area contributed by atoms with Gasteiger partial charge in [0.1, 0.15) is 17.2 Å². The molecule has 0 bridgehead atoms. The number of nitrogens with one attached hydrogen (secondary N) is 3. The molecule has 0 unspecified atom stereocenters. The summed E-state index contributed by atoms with van der Waals surface area (Å²) >= 11 is 25.1. The van der Waals surface area contributed by atoms with Crippen LogP contribution in [0.15, 0.2) is 24.3 Å². The van der Waals surface area contributed by atoms with Crippen LogP contribution in [0.1, 0.15) is 44.8 Å². The minimum Gasteiger partial charge on any atom is -0.339 e. The van der Waals surface area contributed by atoms with Gasteiger partial charge in [-0.25, -0.2) is 0 Å². The van der Waals surface area contributed by atoms with Crippen molar-refractivity contribution in [2.24, 2.45) is 0 Å². The van der Waals surface area contributed by atoms with E-state index in [1.807, 2.05) is 19.1 Å². The maximum Gasteiger partial charge on any atom is 0.253 e. The van der Waals surface area contributed by atoms with E-state index < -0.39 is 15.9 Å². The van der Waals surface area contributed by atoms with E-state index in [0.29, 0.717) is 16.1 Å². The van der Waals surface area contributed by atoms with Crippen molar-refractivity contribution >= 4 is 74.4 Å². The van der Waals surface area contributed by atoms with Gasteiger partial charge in [0.25, 0.3) is 5.91 Å². The molecule has 10 heteroatoms. The molecule has 0 saturated carbocycles. The topological polar surface area (TPSA) is 77.0 Å². The van der Waals surface area contributed by atoms with Gasteiger partial charge in [0.2, 0.25) is 3.79 Å². The molecular formula is C20H19Cl3N4OS2. The van der Waals surface area contributed by atoms with E-state index in [1.54, 1.807) is 12.1 Å². The zero-order valence-corrected chi connectivity index (χ0v) is 19.9. The molecule has 3 rings (SSSR count). The maximum absolute atomic E-state index is 12.7.